The molecule has 1 saturated heterocycles. The molecule has 2 amide bonds. The molecular formula is C17H21ClN2O4. The van der Waals surface area contributed by atoms with Gasteiger partial charge in [-0.1, -0.05) is 23.7 Å². The number of hydrogen-bond donors (Lipinski definition) is 2. The quantitative estimate of drug-likeness (QED) is 0.766. The minimum Gasteiger partial charge on any atom is -0.391 e. The molecule has 3 N–H and O–H groups in total. The van der Waals surface area contributed by atoms with Gasteiger partial charge in [-0.25, -0.2) is 0 Å². The van der Waals surface area contributed by atoms with E-state index in [1.54, 1.807) is 12.1 Å². The number of hydrogen-bond acceptors (Lipinski definition) is 4. The van der Waals surface area contributed by atoms with Crippen LogP contribution in [0.3, 0.4) is 0 Å². The molecule has 0 radical (unpaired) electrons. The average molecular weight is 353 g/mol. The first-order chi connectivity index (χ1) is 11.4. The predicted molar refractivity (Wildman–Crippen MR) is 89.3 cm³/mol. The number of carbonyl (C=O) groups excluding carboxylic acids is 3. The number of Topliss-reactive ketones (excluding diaryl/α,β-unsaturated/α-hetero) is 1. The summed E-state index contributed by atoms with van der Waals surface area (Å²) < 4.78 is 0. The molecule has 0 aromatic heterocycles. The molecule has 1 aromatic rings. The number of nitrogens with two attached hydrogens (primary N) is 1. The molecule has 0 saturated carbocycles. The molecule has 1 fully saturated rings. The highest BCUT2D eigenvalue weighted by atomic mass is 35.5. The van der Waals surface area contributed by atoms with Crippen molar-refractivity contribution in [1.82, 2.24) is 4.90 Å². The third-order valence-corrected chi connectivity index (χ3v) is 4.38. The first-order valence-corrected chi connectivity index (χ1v) is 8.27. The molecule has 130 valence electrons. The van der Waals surface area contributed by atoms with Crippen molar-refractivity contribution in [2.45, 2.75) is 44.2 Å². The number of likely N-dealkylation sites (tertiary alicyclic amines) is 1. The van der Waals surface area contributed by atoms with Gasteiger partial charge in [-0.15, -0.1) is 0 Å². The Hall–Kier alpha value is -1.92. The molecule has 2 rings (SSSR count). The van der Waals surface area contributed by atoms with Gasteiger partial charge in [0.25, 0.3) is 0 Å². The molecule has 6 nitrogen and oxygen atoms in total. The van der Waals surface area contributed by atoms with Crippen LogP contribution < -0.4 is 5.73 Å². The normalized spacial score (nSPS) is 20.2. The summed E-state index contributed by atoms with van der Waals surface area (Å²) in [6.45, 7) is 0.120. The second-order valence-electron chi connectivity index (χ2n) is 6.01. The minimum atomic E-state index is -0.716. The Labute approximate surface area is 145 Å². The molecule has 1 aliphatic heterocycles. The van der Waals surface area contributed by atoms with Gasteiger partial charge < -0.3 is 15.7 Å². The number of carbonyl (C=O) groups is 3. The second-order valence-corrected chi connectivity index (χ2v) is 6.45. The lowest BCUT2D eigenvalue weighted by molar-refractivity contribution is -0.138. The van der Waals surface area contributed by atoms with Crippen LogP contribution in [0.15, 0.2) is 24.3 Å². The number of aliphatic hydroxyl groups is 1. The van der Waals surface area contributed by atoms with Crippen molar-refractivity contribution in [3.63, 3.8) is 0 Å². The summed E-state index contributed by atoms with van der Waals surface area (Å²) in [5, 5.41) is 10.4. The van der Waals surface area contributed by atoms with Crippen LogP contribution in [0.5, 0.6) is 0 Å². The molecule has 0 spiro atoms. The zero-order valence-electron chi connectivity index (χ0n) is 13.3. The molecule has 1 heterocycles. The van der Waals surface area contributed by atoms with Gasteiger partial charge in [0.15, 0.2) is 5.78 Å². The molecule has 0 bridgehead atoms. The minimum absolute atomic E-state index is 0.0387. The summed E-state index contributed by atoms with van der Waals surface area (Å²) in [6.07, 6.45) is 0.249. The van der Waals surface area contributed by atoms with E-state index >= 15 is 0 Å². The smallest absolute Gasteiger partial charge is 0.223 e. The van der Waals surface area contributed by atoms with Crippen LogP contribution in [0.2, 0.25) is 5.02 Å². The number of ketones is 1. The van der Waals surface area contributed by atoms with Gasteiger partial charge in [-0.3, -0.25) is 14.4 Å². The number of halogens is 1. The van der Waals surface area contributed by atoms with Crippen LogP contribution in [0.25, 0.3) is 0 Å². The van der Waals surface area contributed by atoms with Crippen LogP contribution in [0.1, 0.15) is 31.2 Å². The Morgan fingerprint density at radius 2 is 1.83 bits per heavy atom. The van der Waals surface area contributed by atoms with Crippen LogP contribution in [0.4, 0.5) is 0 Å². The molecule has 1 aliphatic rings. The van der Waals surface area contributed by atoms with Crippen LogP contribution in [0, 0.1) is 0 Å². The van der Waals surface area contributed by atoms with Crippen molar-refractivity contribution in [3.8, 4) is 0 Å². The number of primary amides is 1. The maximum absolute atomic E-state index is 12.5. The molecule has 2 atom stereocenters. The lowest BCUT2D eigenvalue weighted by Gasteiger charge is -2.23. The van der Waals surface area contributed by atoms with E-state index in [0.717, 1.165) is 5.56 Å². The third kappa shape index (κ3) is 5.04. The van der Waals surface area contributed by atoms with Crippen molar-refractivity contribution in [3.05, 3.63) is 34.9 Å². The largest absolute Gasteiger partial charge is 0.391 e. The highest BCUT2D eigenvalue weighted by Gasteiger charge is 2.37. The third-order valence-electron chi connectivity index (χ3n) is 4.13. The van der Waals surface area contributed by atoms with Crippen molar-refractivity contribution < 1.29 is 19.5 Å². The number of nitrogens with zero attached hydrogens (tertiary/aromatic N) is 1. The summed E-state index contributed by atoms with van der Waals surface area (Å²) in [4.78, 5) is 36.8. The zero-order valence-corrected chi connectivity index (χ0v) is 14.0. The standard InChI is InChI=1S/C17H21ClN2O4/c18-12-4-1-11(2-5-12)3-6-15(22)14-9-13(21)10-20(14)17(24)8-7-16(19)23/h1-2,4-5,13-14,21H,3,6-10H2,(H2,19,23)/t13-,14+/m1/s1. The Bertz CT molecular complexity index is 618. The van der Waals surface area contributed by atoms with E-state index in [2.05, 4.69) is 0 Å². The first-order valence-electron chi connectivity index (χ1n) is 7.90. The molecule has 0 unspecified atom stereocenters. The number of rotatable bonds is 7. The Balaban J connectivity index is 1.94. The number of aliphatic hydroxyl groups excluding tert-OH is 1. The topological polar surface area (TPSA) is 101 Å². The van der Waals surface area contributed by atoms with E-state index in [-0.39, 0.29) is 43.9 Å². The number of amides is 2. The SMILES string of the molecule is NC(=O)CCC(=O)N1C[C@H](O)C[C@H]1C(=O)CCc1ccc(Cl)cc1. The molecular weight excluding hydrogens is 332 g/mol. The van der Waals surface area contributed by atoms with Gasteiger partial charge in [-0.05, 0) is 24.1 Å². The van der Waals surface area contributed by atoms with Crippen LogP contribution in [-0.4, -0.2) is 46.3 Å². The van der Waals surface area contributed by atoms with Gasteiger partial charge in [0, 0.05) is 37.3 Å². The summed E-state index contributed by atoms with van der Waals surface area (Å²) >= 11 is 5.83. The highest BCUT2D eigenvalue weighted by molar-refractivity contribution is 6.30. The fourth-order valence-electron chi connectivity index (χ4n) is 2.85. The average Bonchev–Trinajstić information content (AvgIpc) is 2.94. The van der Waals surface area contributed by atoms with Crippen molar-refractivity contribution in [2.75, 3.05) is 6.54 Å². The van der Waals surface area contributed by atoms with Crippen molar-refractivity contribution in [2.24, 2.45) is 5.73 Å². The Morgan fingerprint density at radius 1 is 1.17 bits per heavy atom. The van der Waals surface area contributed by atoms with Gasteiger partial charge >= 0.3 is 0 Å². The first kappa shape index (κ1) is 18.4. The fourth-order valence-corrected chi connectivity index (χ4v) is 2.98. The van der Waals surface area contributed by atoms with E-state index in [4.69, 9.17) is 17.3 Å². The molecule has 1 aromatic carbocycles. The van der Waals surface area contributed by atoms with Gasteiger partial charge in [0.1, 0.15) is 0 Å². The van der Waals surface area contributed by atoms with Gasteiger partial charge in [-0.2, -0.15) is 0 Å². The predicted octanol–water partition coefficient (Wildman–Crippen LogP) is 1.07. The summed E-state index contributed by atoms with van der Waals surface area (Å²) in [7, 11) is 0. The number of β-amino-alcohol motifs (C(OH)–C–C–N with tert-alkyl or cyclic N) is 1. The Morgan fingerprint density at radius 3 is 2.46 bits per heavy atom. The van der Waals surface area contributed by atoms with Gasteiger partial charge in [0.05, 0.1) is 12.1 Å². The molecule has 0 aliphatic carbocycles. The van der Waals surface area contributed by atoms with Gasteiger partial charge in [0.2, 0.25) is 11.8 Å². The fraction of sp³-hybridized carbons (Fsp3) is 0.471. The second kappa shape index (κ2) is 8.26. The number of aryl methyl sites for hydroxylation is 1. The zero-order chi connectivity index (χ0) is 17.7. The Kier molecular flexibility index (Phi) is 6.34. The molecule has 24 heavy (non-hydrogen) atoms. The van der Waals surface area contributed by atoms with Crippen LogP contribution in [-0.2, 0) is 20.8 Å². The van der Waals surface area contributed by atoms with Crippen molar-refractivity contribution >= 4 is 29.2 Å². The van der Waals surface area contributed by atoms with E-state index < -0.39 is 18.1 Å². The lowest BCUT2D eigenvalue weighted by Crippen LogP contribution is -2.41. The lowest BCUT2D eigenvalue weighted by atomic mass is 10.0. The van der Waals surface area contributed by atoms with E-state index in [9.17, 15) is 19.5 Å². The van der Waals surface area contributed by atoms with Crippen LogP contribution >= 0.6 is 11.6 Å². The maximum Gasteiger partial charge on any atom is 0.223 e. The monoisotopic (exact) mass is 352 g/mol. The molecule has 7 heteroatoms. The summed E-state index contributed by atoms with van der Waals surface area (Å²) in [6, 6.07) is 6.61. The van der Waals surface area contributed by atoms with Crippen molar-refractivity contribution in [1.29, 1.82) is 0 Å². The van der Waals surface area contributed by atoms with E-state index in [0.29, 0.717) is 11.4 Å². The summed E-state index contributed by atoms with van der Waals surface area (Å²) in [5.41, 5.74) is 6.03. The maximum atomic E-state index is 12.5. The van der Waals surface area contributed by atoms with E-state index in [1.165, 1.54) is 4.90 Å². The number of benzene rings is 1. The highest BCUT2D eigenvalue weighted by Crippen LogP contribution is 2.22. The van der Waals surface area contributed by atoms with E-state index in [1.807, 2.05) is 12.1 Å². The summed E-state index contributed by atoms with van der Waals surface area (Å²) in [5.74, 6) is -0.974.